The normalized spacial score (nSPS) is 24.9. The molecule has 1 aliphatic rings. The van der Waals surface area contributed by atoms with E-state index in [0.29, 0.717) is 0 Å². The molecule has 3 nitrogen and oxygen atoms in total. The van der Waals surface area contributed by atoms with E-state index in [4.69, 9.17) is 0 Å². The second kappa shape index (κ2) is 10.0. The first kappa shape index (κ1) is 17.5. The lowest BCUT2D eigenvalue weighted by Crippen LogP contribution is -2.20. The average Bonchev–Trinajstić information content (AvgIpc) is 3.17. The Morgan fingerprint density at radius 2 is 1.68 bits per heavy atom. The summed E-state index contributed by atoms with van der Waals surface area (Å²) in [5.74, 6) is 2.70. The molecule has 1 aromatic heterocycles. The van der Waals surface area contributed by atoms with Crippen LogP contribution in [0.4, 0.5) is 0 Å². The maximum atomic E-state index is 4.17. The van der Waals surface area contributed by atoms with Crippen LogP contribution in [0.5, 0.6) is 0 Å². The molecule has 3 heteroatoms. The maximum Gasteiger partial charge on any atom is 0.0692 e. The van der Waals surface area contributed by atoms with Gasteiger partial charge in [-0.25, -0.2) is 0 Å². The molecular formula is C19H35N3. The van der Waals surface area contributed by atoms with Crippen LogP contribution in [0.3, 0.4) is 0 Å². The molecule has 0 spiro atoms. The molecule has 1 aromatic rings. The van der Waals surface area contributed by atoms with Gasteiger partial charge in [-0.15, -0.1) is 5.10 Å². The lowest BCUT2D eigenvalue weighted by Gasteiger charge is -2.24. The van der Waals surface area contributed by atoms with Gasteiger partial charge in [-0.1, -0.05) is 70.4 Å². The minimum absolute atomic E-state index is 0.826. The van der Waals surface area contributed by atoms with Crippen LogP contribution in [0.1, 0.15) is 84.5 Å². The van der Waals surface area contributed by atoms with Crippen molar-refractivity contribution in [2.45, 2.75) is 91.0 Å². The summed E-state index contributed by atoms with van der Waals surface area (Å²) in [6.45, 7) is 5.75. The summed E-state index contributed by atoms with van der Waals surface area (Å²) in [6, 6.07) is 0. The molecule has 0 amide bonds. The standard InChI is InChI=1S/C19H35N3/c1-3-5-6-7-8-9-10-11-19-17(4-2)12-13-18(19)16-22-15-14-20-21-22/h14-15,17-19H,3-13,16H2,1-2H3. The Morgan fingerprint density at radius 1 is 0.955 bits per heavy atom. The zero-order valence-electron chi connectivity index (χ0n) is 14.7. The molecule has 3 atom stereocenters. The molecule has 1 heterocycles. The van der Waals surface area contributed by atoms with Gasteiger partial charge in [0.2, 0.25) is 0 Å². The highest BCUT2D eigenvalue weighted by Gasteiger charge is 2.34. The highest BCUT2D eigenvalue weighted by Crippen LogP contribution is 2.42. The van der Waals surface area contributed by atoms with Crippen LogP contribution in [0, 0.1) is 17.8 Å². The summed E-state index contributed by atoms with van der Waals surface area (Å²) in [5.41, 5.74) is 0. The van der Waals surface area contributed by atoms with Crippen molar-refractivity contribution in [2.24, 2.45) is 17.8 Å². The zero-order chi connectivity index (χ0) is 15.6. The minimum Gasteiger partial charge on any atom is -0.252 e. The van der Waals surface area contributed by atoms with E-state index < -0.39 is 0 Å². The van der Waals surface area contributed by atoms with Crippen molar-refractivity contribution in [1.82, 2.24) is 15.0 Å². The van der Waals surface area contributed by atoms with Crippen LogP contribution in [0.25, 0.3) is 0 Å². The van der Waals surface area contributed by atoms with Crippen LogP contribution in [0.2, 0.25) is 0 Å². The summed E-state index contributed by atoms with van der Waals surface area (Å²) in [5, 5.41) is 8.12. The first-order chi connectivity index (χ1) is 10.8. The van der Waals surface area contributed by atoms with E-state index >= 15 is 0 Å². The summed E-state index contributed by atoms with van der Waals surface area (Å²) in [6.07, 6.45) is 19.4. The van der Waals surface area contributed by atoms with E-state index in [-0.39, 0.29) is 0 Å². The molecule has 1 aliphatic carbocycles. The van der Waals surface area contributed by atoms with Crippen LogP contribution in [-0.2, 0) is 6.54 Å². The number of unbranched alkanes of at least 4 members (excludes halogenated alkanes) is 6. The van der Waals surface area contributed by atoms with E-state index in [1.807, 2.05) is 10.9 Å². The SMILES string of the molecule is CCCCCCCCCC1C(CC)CCC1Cn1ccnn1. The molecule has 126 valence electrons. The fourth-order valence-corrected chi connectivity index (χ4v) is 4.35. The fourth-order valence-electron chi connectivity index (χ4n) is 4.35. The van der Waals surface area contributed by atoms with E-state index in [9.17, 15) is 0 Å². The summed E-state index contributed by atoms with van der Waals surface area (Å²) >= 11 is 0. The van der Waals surface area contributed by atoms with E-state index in [1.54, 1.807) is 6.20 Å². The molecule has 0 aromatic carbocycles. The van der Waals surface area contributed by atoms with E-state index in [2.05, 4.69) is 24.2 Å². The van der Waals surface area contributed by atoms with Gasteiger partial charge >= 0.3 is 0 Å². The molecule has 0 aliphatic heterocycles. The predicted molar refractivity (Wildman–Crippen MR) is 92.6 cm³/mol. The van der Waals surface area contributed by atoms with Crippen molar-refractivity contribution in [3.63, 3.8) is 0 Å². The molecule has 0 N–H and O–H groups in total. The molecular weight excluding hydrogens is 270 g/mol. The lowest BCUT2D eigenvalue weighted by molar-refractivity contribution is 0.247. The van der Waals surface area contributed by atoms with Crippen LogP contribution in [-0.4, -0.2) is 15.0 Å². The van der Waals surface area contributed by atoms with Gasteiger partial charge in [0.25, 0.3) is 0 Å². The Balaban J connectivity index is 1.70. The van der Waals surface area contributed by atoms with Crippen molar-refractivity contribution in [2.75, 3.05) is 0 Å². The van der Waals surface area contributed by atoms with Gasteiger partial charge in [-0.3, -0.25) is 4.68 Å². The minimum atomic E-state index is 0.826. The summed E-state index contributed by atoms with van der Waals surface area (Å²) < 4.78 is 2.04. The van der Waals surface area contributed by atoms with Gasteiger partial charge in [0, 0.05) is 12.7 Å². The van der Waals surface area contributed by atoms with Gasteiger partial charge in [0.1, 0.15) is 0 Å². The lowest BCUT2D eigenvalue weighted by atomic mass is 9.83. The van der Waals surface area contributed by atoms with Crippen molar-refractivity contribution >= 4 is 0 Å². The van der Waals surface area contributed by atoms with E-state index in [0.717, 1.165) is 24.3 Å². The van der Waals surface area contributed by atoms with Crippen LogP contribution in [0.15, 0.2) is 12.4 Å². The van der Waals surface area contributed by atoms with Gasteiger partial charge in [0.15, 0.2) is 0 Å². The van der Waals surface area contributed by atoms with Crippen molar-refractivity contribution in [3.05, 3.63) is 12.4 Å². The third-order valence-corrected chi connectivity index (χ3v) is 5.68. The molecule has 1 fully saturated rings. The predicted octanol–water partition coefficient (Wildman–Crippen LogP) is 5.47. The van der Waals surface area contributed by atoms with Gasteiger partial charge in [-0.2, -0.15) is 0 Å². The van der Waals surface area contributed by atoms with E-state index in [1.165, 1.54) is 70.6 Å². The number of hydrogen-bond donors (Lipinski definition) is 0. The van der Waals surface area contributed by atoms with Crippen molar-refractivity contribution < 1.29 is 0 Å². The number of rotatable bonds is 11. The third kappa shape index (κ3) is 5.40. The van der Waals surface area contributed by atoms with Crippen LogP contribution >= 0.6 is 0 Å². The second-order valence-electron chi connectivity index (χ2n) is 7.20. The Hall–Kier alpha value is -0.860. The molecule has 0 radical (unpaired) electrons. The van der Waals surface area contributed by atoms with Crippen molar-refractivity contribution in [3.8, 4) is 0 Å². The van der Waals surface area contributed by atoms with Gasteiger partial charge in [0.05, 0.1) is 6.20 Å². The number of nitrogens with zero attached hydrogens (tertiary/aromatic N) is 3. The van der Waals surface area contributed by atoms with Crippen molar-refractivity contribution in [1.29, 1.82) is 0 Å². The maximum absolute atomic E-state index is 4.17. The first-order valence-corrected chi connectivity index (χ1v) is 9.69. The molecule has 3 unspecified atom stereocenters. The molecule has 2 rings (SSSR count). The zero-order valence-corrected chi connectivity index (χ0v) is 14.7. The third-order valence-electron chi connectivity index (χ3n) is 5.68. The highest BCUT2D eigenvalue weighted by atomic mass is 15.4. The highest BCUT2D eigenvalue weighted by molar-refractivity contribution is 4.84. The molecule has 22 heavy (non-hydrogen) atoms. The quantitative estimate of drug-likeness (QED) is 0.507. The average molecular weight is 306 g/mol. The Labute approximate surface area is 136 Å². The first-order valence-electron chi connectivity index (χ1n) is 9.69. The van der Waals surface area contributed by atoms with Gasteiger partial charge < -0.3 is 0 Å². The second-order valence-corrected chi connectivity index (χ2v) is 7.20. The Morgan fingerprint density at radius 3 is 2.36 bits per heavy atom. The smallest absolute Gasteiger partial charge is 0.0692 e. The topological polar surface area (TPSA) is 30.7 Å². The largest absolute Gasteiger partial charge is 0.252 e. The number of hydrogen-bond acceptors (Lipinski definition) is 2. The fraction of sp³-hybridized carbons (Fsp3) is 0.895. The summed E-state index contributed by atoms with van der Waals surface area (Å²) in [4.78, 5) is 0. The summed E-state index contributed by atoms with van der Waals surface area (Å²) in [7, 11) is 0. The Kier molecular flexibility index (Phi) is 7.96. The molecule has 0 bridgehead atoms. The Bertz CT molecular complexity index is 374. The van der Waals surface area contributed by atoms with Gasteiger partial charge in [-0.05, 0) is 37.0 Å². The van der Waals surface area contributed by atoms with Crippen LogP contribution < -0.4 is 0 Å². The molecule has 0 saturated heterocycles. The molecule has 1 saturated carbocycles. The number of aromatic nitrogens is 3. The monoisotopic (exact) mass is 305 g/mol.